The maximum Gasteiger partial charge on any atom is 0.237 e. The van der Waals surface area contributed by atoms with Crippen LogP contribution in [-0.2, 0) is 22.1 Å². The zero-order valence-corrected chi connectivity index (χ0v) is 12.7. The number of rotatable bonds is 5. The molecule has 0 saturated carbocycles. The van der Waals surface area contributed by atoms with Gasteiger partial charge in [-0.15, -0.1) is 0 Å². The monoisotopic (exact) mass is 302 g/mol. The zero-order valence-electron chi connectivity index (χ0n) is 11.8. The molecule has 110 valence electrons. The Morgan fingerprint density at radius 3 is 2.48 bits per heavy atom. The second kappa shape index (κ2) is 7.15. The van der Waals surface area contributed by atoms with Gasteiger partial charge in [0.2, 0.25) is 5.91 Å². The predicted octanol–water partition coefficient (Wildman–Crippen LogP) is 2.20. The fourth-order valence-electron chi connectivity index (χ4n) is 1.90. The minimum absolute atomic E-state index is 0.0675. The first-order valence-corrected chi connectivity index (χ1v) is 7.95. The van der Waals surface area contributed by atoms with Crippen molar-refractivity contribution in [3.05, 3.63) is 59.7 Å². The van der Waals surface area contributed by atoms with E-state index in [0.717, 1.165) is 11.1 Å². The van der Waals surface area contributed by atoms with Crippen LogP contribution in [0.25, 0.3) is 0 Å². The summed E-state index contributed by atoms with van der Waals surface area (Å²) in [5.74, 6) is -0.350. The van der Waals surface area contributed by atoms with Crippen molar-refractivity contribution < 1.29 is 9.00 Å². The highest BCUT2D eigenvalue weighted by Crippen LogP contribution is 2.14. The van der Waals surface area contributed by atoms with Gasteiger partial charge in [0.25, 0.3) is 0 Å². The summed E-state index contributed by atoms with van der Waals surface area (Å²) < 4.78 is 12.1. The largest absolute Gasteiger partial charge is 0.326 e. The summed E-state index contributed by atoms with van der Waals surface area (Å²) in [7, 11) is -1.35. The third-order valence-electron chi connectivity index (χ3n) is 3.06. The summed E-state index contributed by atoms with van der Waals surface area (Å²) in [6.07, 6.45) is 0. The Kier molecular flexibility index (Phi) is 5.25. The molecule has 1 amide bonds. The number of hydrogen-bond donors (Lipinski definition) is 2. The van der Waals surface area contributed by atoms with Crippen molar-refractivity contribution in [2.24, 2.45) is 5.73 Å². The van der Waals surface area contributed by atoms with Crippen molar-refractivity contribution in [3.8, 4) is 0 Å². The number of nitrogens with two attached hydrogens (primary N) is 1. The molecular formula is C16H18N2O2S. The quantitative estimate of drug-likeness (QED) is 0.889. The van der Waals surface area contributed by atoms with E-state index < -0.39 is 10.8 Å². The fraction of sp³-hybridized carbons (Fsp3) is 0.188. The minimum Gasteiger partial charge on any atom is -0.326 e. The van der Waals surface area contributed by atoms with E-state index in [9.17, 15) is 9.00 Å². The third kappa shape index (κ3) is 4.24. The van der Waals surface area contributed by atoms with Crippen LogP contribution in [0, 0.1) is 6.92 Å². The summed E-state index contributed by atoms with van der Waals surface area (Å²) >= 11 is 0. The highest BCUT2D eigenvalue weighted by molar-refractivity contribution is 7.85. The first-order chi connectivity index (χ1) is 10.1. The molecule has 1 unspecified atom stereocenters. The topological polar surface area (TPSA) is 72.2 Å². The van der Waals surface area contributed by atoms with Crippen molar-refractivity contribution in [1.82, 2.24) is 0 Å². The molecule has 0 fully saturated rings. The molecule has 3 N–H and O–H groups in total. The maximum atomic E-state index is 12.1. The average molecular weight is 302 g/mol. The van der Waals surface area contributed by atoms with Crippen LogP contribution in [0.3, 0.4) is 0 Å². The lowest BCUT2D eigenvalue weighted by Gasteiger charge is -2.09. The lowest BCUT2D eigenvalue weighted by molar-refractivity contribution is -0.113. The molecule has 21 heavy (non-hydrogen) atoms. The number of para-hydroxylation sites is 1. The Morgan fingerprint density at radius 1 is 1.14 bits per heavy atom. The van der Waals surface area contributed by atoms with Gasteiger partial charge in [0.1, 0.15) is 5.75 Å². The molecule has 0 aliphatic carbocycles. The second-order valence-electron chi connectivity index (χ2n) is 4.71. The SMILES string of the molecule is Cc1ccc(S(=O)CC(=O)Nc2ccccc2CN)cc1. The van der Waals surface area contributed by atoms with Gasteiger partial charge in [0.05, 0.1) is 10.8 Å². The average Bonchev–Trinajstić information content (AvgIpc) is 2.48. The number of hydrogen-bond acceptors (Lipinski definition) is 3. The van der Waals surface area contributed by atoms with Gasteiger partial charge < -0.3 is 11.1 Å². The van der Waals surface area contributed by atoms with E-state index in [1.54, 1.807) is 18.2 Å². The molecule has 2 rings (SSSR count). The molecule has 0 bridgehead atoms. The van der Waals surface area contributed by atoms with E-state index in [1.165, 1.54) is 0 Å². The molecule has 2 aromatic carbocycles. The van der Waals surface area contributed by atoms with Gasteiger partial charge in [-0.05, 0) is 30.7 Å². The zero-order chi connectivity index (χ0) is 15.2. The lowest BCUT2D eigenvalue weighted by Crippen LogP contribution is -2.20. The molecule has 1 atom stereocenters. The molecular weight excluding hydrogens is 284 g/mol. The molecule has 5 heteroatoms. The number of carbonyl (C=O) groups excluding carboxylic acids is 1. The predicted molar refractivity (Wildman–Crippen MR) is 85.4 cm³/mol. The molecule has 0 saturated heterocycles. The van der Waals surface area contributed by atoms with Crippen LogP contribution in [-0.4, -0.2) is 15.9 Å². The van der Waals surface area contributed by atoms with Gasteiger partial charge in [-0.1, -0.05) is 35.9 Å². The standard InChI is InChI=1S/C16H18N2O2S/c1-12-6-8-14(9-7-12)21(20)11-16(19)18-15-5-3-2-4-13(15)10-17/h2-9H,10-11,17H2,1H3,(H,18,19). The molecule has 4 nitrogen and oxygen atoms in total. The summed E-state index contributed by atoms with van der Waals surface area (Å²) in [5, 5.41) is 2.76. The Hall–Kier alpha value is -1.98. The molecule has 0 spiro atoms. The van der Waals surface area contributed by atoms with Gasteiger partial charge in [-0.2, -0.15) is 0 Å². The van der Waals surface area contributed by atoms with E-state index >= 15 is 0 Å². The van der Waals surface area contributed by atoms with Crippen LogP contribution in [0.4, 0.5) is 5.69 Å². The van der Waals surface area contributed by atoms with Crippen LogP contribution in [0.5, 0.6) is 0 Å². The van der Waals surface area contributed by atoms with Crippen LogP contribution in [0.1, 0.15) is 11.1 Å². The summed E-state index contributed by atoms with van der Waals surface area (Å²) in [5.41, 5.74) is 8.24. The number of anilines is 1. The van der Waals surface area contributed by atoms with Crippen molar-refractivity contribution in [2.75, 3.05) is 11.1 Å². The summed E-state index contributed by atoms with van der Waals surface area (Å²) in [6, 6.07) is 14.7. The van der Waals surface area contributed by atoms with E-state index in [-0.39, 0.29) is 11.7 Å². The lowest BCUT2D eigenvalue weighted by atomic mass is 10.2. The van der Waals surface area contributed by atoms with Crippen molar-refractivity contribution in [1.29, 1.82) is 0 Å². The number of nitrogens with one attached hydrogen (secondary N) is 1. The maximum absolute atomic E-state index is 12.1. The minimum atomic E-state index is -1.35. The molecule has 0 aliphatic rings. The van der Waals surface area contributed by atoms with Gasteiger partial charge in [-0.3, -0.25) is 9.00 Å². The van der Waals surface area contributed by atoms with Crippen LogP contribution < -0.4 is 11.1 Å². The Morgan fingerprint density at radius 2 is 1.81 bits per heavy atom. The van der Waals surface area contributed by atoms with Gasteiger partial charge in [-0.25, -0.2) is 0 Å². The fourth-order valence-corrected chi connectivity index (χ4v) is 2.82. The van der Waals surface area contributed by atoms with E-state index in [1.807, 2.05) is 37.3 Å². The normalized spacial score (nSPS) is 11.9. The van der Waals surface area contributed by atoms with Crippen LogP contribution in [0.15, 0.2) is 53.4 Å². The summed E-state index contributed by atoms with van der Waals surface area (Å²) in [6.45, 7) is 2.31. The Bertz CT molecular complexity index is 654. The van der Waals surface area contributed by atoms with Crippen molar-refractivity contribution in [2.45, 2.75) is 18.4 Å². The smallest absolute Gasteiger partial charge is 0.237 e. The van der Waals surface area contributed by atoms with Crippen LogP contribution >= 0.6 is 0 Å². The molecule has 0 aliphatic heterocycles. The molecule has 0 heterocycles. The number of aryl methyl sites for hydroxylation is 1. The van der Waals surface area contributed by atoms with E-state index in [2.05, 4.69) is 5.32 Å². The van der Waals surface area contributed by atoms with Gasteiger partial charge >= 0.3 is 0 Å². The molecule has 2 aromatic rings. The highest BCUT2D eigenvalue weighted by Gasteiger charge is 2.11. The van der Waals surface area contributed by atoms with Crippen LogP contribution in [0.2, 0.25) is 0 Å². The molecule has 0 radical (unpaired) electrons. The first-order valence-electron chi connectivity index (χ1n) is 6.63. The number of benzene rings is 2. The van der Waals surface area contributed by atoms with Crippen molar-refractivity contribution >= 4 is 22.4 Å². The van der Waals surface area contributed by atoms with E-state index in [4.69, 9.17) is 5.73 Å². The summed E-state index contributed by atoms with van der Waals surface area (Å²) in [4.78, 5) is 12.6. The Balaban J connectivity index is 2.01. The number of amides is 1. The van der Waals surface area contributed by atoms with Gasteiger partial charge in [0, 0.05) is 17.1 Å². The van der Waals surface area contributed by atoms with Gasteiger partial charge in [0.15, 0.2) is 0 Å². The molecule has 0 aromatic heterocycles. The Labute approximate surface area is 126 Å². The highest BCUT2D eigenvalue weighted by atomic mass is 32.2. The van der Waals surface area contributed by atoms with E-state index in [0.29, 0.717) is 17.1 Å². The third-order valence-corrected chi connectivity index (χ3v) is 4.38. The number of carbonyl (C=O) groups is 1. The first kappa shape index (κ1) is 15.4. The van der Waals surface area contributed by atoms with Crippen molar-refractivity contribution in [3.63, 3.8) is 0 Å². The second-order valence-corrected chi connectivity index (χ2v) is 6.16.